The molecule has 0 radical (unpaired) electrons. The number of anilines is 1. The lowest BCUT2D eigenvalue weighted by Gasteiger charge is -2.27. The minimum Gasteiger partial charge on any atom is -0.478 e. The molecule has 1 aromatic rings. The first-order valence-electron chi connectivity index (χ1n) is 6.82. The average molecular weight is 297 g/mol. The van der Waals surface area contributed by atoms with Gasteiger partial charge in [-0.1, -0.05) is 12.1 Å². The highest BCUT2D eigenvalue weighted by Crippen LogP contribution is 2.36. The third-order valence-corrected chi connectivity index (χ3v) is 3.84. The lowest BCUT2D eigenvalue weighted by atomic mass is 9.86. The maximum Gasteiger partial charge on any atom is 0.337 e. The zero-order chi connectivity index (χ0) is 15.6. The fourth-order valence-corrected chi connectivity index (χ4v) is 2.54. The zero-order valence-corrected chi connectivity index (χ0v) is 11.7. The number of para-hydroxylation sites is 1. The van der Waals surface area contributed by atoms with Crippen LogP contribution in [0.5, 0.6) is 0 Å². The quantitative estimate of drug-likeness (QED) is 0.898. The lowest BCUT2D eigenvalue weighted by molar-refractivity contribution is -0.124. The highest BCUT2D eigenvalue weighted by Gasteiger charge is 2.37. The Morgan fingerprint density at radius 2 is 1.90 bits per heavy atom. The Morgan fingerprint density at radius 3 is 2.48 bits per heavy atom. The van der Waals surface area contributed by atoms with Gasteiger partial charge in [0.25, 0.3) is 0 Å². The number of aromatic carboxylic acids is 1. The molecule has 4 nitrogen and oxygen atoms in total. The van der Waals surface area contributed by atoms with Crippen LogP contribution in [0.1, 0.15) is 41.6 Å². The van der Waals surface area contributed by atoms with E-state index in [0.717, 1.165) is 0 Å². The number of carbonyl (C=O) groups excluding carboxylic acids is 1. The van der Waals surface area contributed by atoms with Crippen LogP contribution >= 0.6 is 0 Å². The molecule has 1 fully saturated rings. The molecular weight excluding hydrogens is 280 g/mol. The lowest BCUT2D eigenvalue weighted by Crippen LogP contribution is -2.32. The molecule has 0 unspecified atom stereocenters. The number of halogens is 2. The number of hydrogen-bond acceptors (Lipinski definition) is 2. The van der Waals surface area contributed by atoms with E-state index in [1.807, 2.05) is 0 Å². The highest BCUT2D eigenvalue weighted by atomic mass is 19.3. The molecule has 0 heterocycles. The normalized spacial score (nSPS) is 18.2. The smallest absolute Gasteiger partial charge is 0.337 e. The Morgan fingerprint density at radius 1 is 1.29 bits per heavy atom. The van der Waals surface area contributed by atoms with Crippen LogP contribution in [0.2, 0.25) is 0 Å². The van der Waals surface area contributed by atoms with E-state index in [2.05, 4.69) is 5.32 Å². The molecule has 1 saturated carbocycles. The van der Waals surface area contributed by atoms with E-state index in [1.54, 1.807) is 19.1 Å². The standard InChI is InChI=1S/C15H17F2NO3/c1-9-3-2-4-11(14(20)21)12(9)18-13(19)10-5-7-15(16,17)8-6-10/h2-4,10H,5-8H2,1H3,(H,18,19)(H,20,21). The number of aryl methyl sites for hydroxylation is 1. The van der Waals surface area contributed by atoms with Crippen molar-refractivity contribution in [2.75, 3.05) is 5.32 Å². The number of carboxylic acid groups (broad SMARTS) is 1. The molecule has 6 heteroatoms. The molecule has 1 amide bonds. The van der Waals surface area contributed by atoms with Gasteiger partial charge in [0.2, 0.25) is 11.8 Å². The molecule has 2 N–H and O–H groups in total. The summed E-state index contributed by atoms with van der Waals surface area (Å²) in [5, 5.41) is 11.7. The Hall–Kier alpha value is -1.98. The number of alkyl halides is 2. The monoisotopic (exact) mass is 297 g/mol. The molecule has 0 spiro atoms. The summed E-state index contributed by atoms with van der Waals surface area (Å²) in [7, 11) is 0. The summed E-state index contributed by atoms with van der Waals surface area (Å²) >= 11 is 0. The molecule has 0 atom stereocenters. The van der Waals surface area contributed by atoms with Crippen molar-refractivity contribution in [3.05, 3.63) is 29.3 Å². The van der Waals surface area contributed by atoms with E-state index in [0.29, 0.717) is 5.56 Å². The predicted molar refractivity (Wildman–Crippen MR) is 73.7 cm³/mol. The van der Waals surface area contributed by atoms with Gasteiger partial charge in [-0.05, 0) is 31.4 Å². The van der Waals surface area contributed by atoms with Gasteiger partial charge in [0, 0.05) is 18.8 Å². The van der Waals surface area contributed by atoms with Crippen LogP contribution in [0.3, 0.4) is 0 Å². The first-order chi connectivity index (χ1) is 9.80. The van der Waals surface area contributed by atoms with Crippen LogP contribution in [0.25, 0.3) is 0 Å². The van der Waals surface area contributed by atoms with Gasteiger partial charge < -0.3 is 10.4 Å². The first-order valence-corrected chi connectivity index (χ1v) is 6.82. The van der Waals surface area contributed by atoms with Crippen molar-refractivity contribution in [1.82, 2.24) is 0 Å². The molecule has 0 bridgehead atoms. The van der Waals surface area contributed by atoms with Crippen molar-refractivity contribution in [3.8, 4) is 0 Å². The van der Waals surface area contributed by atoms with Crippen LogP contribution in [-0.4, -0.2) is 22.9 Å². The van der Waals surface area contributed by atoms with E-state index < -0.39 is 17.8 Å². The van der Waals surface area contributed by atoms with E-state index in [9.17, 15) is 18.4 Å². The van der Waals surface area contributed by atoms with Crippen molar-refractivity contribution < 1.29 is 23.5 Å². The number of carbonyl (C=O) groups is 2. The third-order valence-electron chi connectivity index (χ3n) is 3.84. The van der Waals surface area contributed by atoms with Crippen LogP contribution in [0.4, 0.5) is 14.5 Å². The number of hydrogen-bond donors (Lipinski definition) is 2. The van der Waals surface area contributed by atoms with Crippen molar-refractivity contribution in [1.29, 1.82) is 0 Å². The predicted octanol–water partition coefficient (Wildman–Crippen LogP) is 3.46. The summed E-state index contributed by atoms with van der Waals surface area (Å²) in [4.78, 5) is 23.3. The van der Waals surface area contributed by atoms with Crippen molar-refractivity contribution in [3.63, 3.8) is 0 Å². The Kier molecular flexibility index (Phi) is 4.25. The van der Waals surface area contributed by atoms with E-state index in [4.69, 9.17) is 5.11 Å². The summed E-state index contributed by atoms with van der Waals surface area (Å²) in [6.07, 6.45) is -0.366. The average Bonchev–Trinajstić information content (AvgIpc) is 2.40. The Bertz CT molecular complexity index is 562. The molecule has 1 aromatic carbocycles. The maximum atomic E-state index is 13.1. The number of rotatable bonds is 3. The van der Waals surface area contributed by atoms with Gasteiger partial charge in [0.15, 0.2) is 0 Å². The molecule has 0 aliphatic heterocycles. The van der Waals surface area contributed by atoms with Gasteiger partial charge in [-0.25, -0.2) is 13.6 Å². The van der Waals surface area contributed by atoms with Gasteiger partial charge in [0.1, 0.15) is 0 Å². The Labute approximate surface area is 121 Å². The zero-order valence-electron chi connectivity index (χ0n) is 11.7. The number of nitrogens with one attached hydrogen (secondary N) is 1. The maximum absolute atomic E-state index is 13.1. The fourth-order valence-electron chi connectivity index (χ4n) is 2.54. The van der Waals surface area contributed by atoms with Gasteiger partial charge in [0.05, 0.1) is 11.3 Å². The van der Waals surface area contributed by atoms with Gasteiger partial charge in [-0.3, -0.25) is 4.79 Å². The summed E-state index contributed by atoms with van der Waals surface area (Å²) in [6, 6.07) is 4.69. The molecular formula is C15H17F2NO3. The summed E-state index contributed by atoms with van der Waals surface area (Å²) in [6.45, 7) is 1.69. The second kappa shape index (κ2) is 5.79. The fraction of sp³-hybridized carbons (Fsp3) is 0.467. The van der Waals surface area contributed by atoms with Gasteiger partial charge in [-0.15, -0.1) is 0 Å². The van der Waals surface area contributed by atoms with Crippen LogP contribution in [0, 0.1) is 12.8 Å². The van der Waals surface area contributed by atoms with Gasteiger partial charge >= 0.3 is 5.97 Å². The van der Waals surface area contributed by atoms with E-state index in [1.165, 1.54) is 6.07 Å². The second-order valence-corrected chi connectivity index (χ2v) is 5.42. The molecule has 0 aromatic heterocycles. The highest BCUT2D eigenvalue weighted by molar-refractivity contribution is 6.02. The van der Waals surface area contributed by atoms with Gasteiger partial charge in [-0.2, -0.15) is 0 Å². The number of benzene rings is 1. The summed E-state index contributed by atoms with van der Waals surface area (Å²) in [5.74, 6) is -4.71. The summed E-state index contributed by atoms with van der Waals surface area (Å²) < 4.78 is 26.2. The Balaban J connectivity index is 2.12. The molecule has 1 aliphatic rings. The SMILES string of the molecule is Cc1cccc(C(=O)O)c1NC(=O)C1CCC(F)(F)CC1. The minimum atomic E-state index is -2.69. The van der Waals surface area contributed by atoms with Crippen LogP contribution in [0.15, 0.2) is 18.2 Å². The summed E-state index contributed by atoms with van der Waals surface area (Å²) in [5.41, 5.74) is 0.876. The molecule has 1 aliphatic carbocycles. The minimum absolute atomic E-state index is 0.00416. The van der Waals surface area contributed by atoms with Crippen molar-refractivity contribution in [2.24, 2.45) is 5.92 Å². The van der Waals surface area contributed by atoms with Crippen molar-refractivity contribution >= 4 is 17.6 Å². The largest absolute Gasteiger partial charge is 0.478 e. The molecule has 21 heavy (non-hydrogen) atoms. The van der Waals surface area contributed by atoms with Crippen molar-refractivity contribution in [2.45, 2.75) is 38.5 Å². The third kappa shape index (κ3) is 3.56. The second-order valence-electron chi connectivity index (χ2n) is 5.42. The van der Waals surface area contributed by atoms with Crippen LogP contribution < -0.4 is 5.32 Å². The van der Waals surface area contributed by atoms with E-state index in [-0.39, 0.29) is 42.8 Å². The molecule has 114 valence electrons. The molecule has 2 rings (SSSR count). The topological polar surface area (TPSA) is 66.4 Å². The number of amides is 1. The van der Waals surface area contributed by atoms with Crippen LogP contribution in [-0.2, 0) is 4.79 Å². The first kappa shape index (κ1) is 15.4. The van der Waals surface area contributed by atoms with E-state index >= 15 is 0 Å². The number of carboxylic acids is 1. The molecule has 0 saturated heterocycles.